The van der Waals surface area contributed by atoms with E-state index in [1.807, 2.05) is 4.72 Å². The van der Waals surface area contributed by atoms with Gasteiger partial charge in [-0.3, -0.25) is 9.59 Å². The van der Waals surface area contributed by atoms with Gasteiger partial charge in [-0.25, -0.2) is 17.5 Å². The van der Waals surface area contributed by atoms with Gasteiger partial charge in [0.2, 0.25) is 11.8 Å². The normalized spacial score (nSPS) is 11.0. The summed E-state index contributed by atoms with van der Waals surface area (Å²) in [6.45, 7) is 0. The zero-order valence-electron chi connectivity index (χ0n) is 13.2. The first-order valence-electron chi connectivity index (χ1n) is 7.01. The number of hydrogen-bond acceptors (Lipinski definition) is 5. The molecule has 0 atom stereocenters. The van der Waals surface area contributed by atoms with Crippen molar-refractivity contribution in [2.75, 3.05) is 7.11 Å². The molecule has 0 unspecified atom stereocenters. The summed E-state index contributed by atoms with van der Waals surface area (Å²) in [5.74, 6) is -2.16. The molecule has 7 nitrogen and oxygen atoms in total. The highest BCUT2D eigenvalue weighted by molar-refractivity contribution is 7.90. The van der Waals surface area contributed by atoms with Gasteiger partial charge in [0.25, 0.3) is 10.0 Å². The highest BCUT2D eigenvalue weighted by Crippen LogP contribution is 2.18. The van der Waals surface area contributed by atoms with Gasteiger partial charge in [0.1, 0.15) is 0 Å². The van der Waals surface area contributed by atoms with Crippen molar-refractivity contribution in [3.05, 3.63) is 59.4 Å². The van der Waals surface area contributed by atoms with Crippen LogP contribution in [-0.4, -0.2) is 27.3 Å². The number of ether oxygens (including phenoxy) is 1. The maximum atomic E-state index is 13.6. The van der Waals surface area contributed by atoms with Crippen molar-refractivity contribution < 1.29 is 27.1 Å². The zero-order chi connectivity index (χ0) is 18.6. The summed E-state index contributed by atoms with van der Waals surface area (Å²) in [5, 5.41) is 0. The van der Waals surface area contributed by atoms with Crippen molar-refractivity contribution in [3.63, 3.8) is 0 Å². The maximum absolute atomic E-state index is 13.6. The predicted molar refractivity (Wildman–Crippen MR) is 86.9 cm³/mol. The summed E-state index contributed by atoms with van der Waals surface area (Å²) in [6.07, 6.45) is -0.334. The standard InChI is InChI=1S/C16H15FN2O5S/c1-24-14-7-2-10(8-13(14)17)9-15(20)19-25(22,23)12-5-3-11(4-6-12)16(18)21/h2-8H,9H2,1H3,(H2,18,21)(H,19,20). The molecule has 3 N–H and O–H groups in total. The van der Waals surface area contributed by atoms with Crippen LogP contribution in [0.15, 0.2) is 47.4 Å². The first kappa shape index (κ1) is 18.4. The number of benzene rings is 2. The molecule has 0 aliphatic heterocycles. The molecule has 2 aromatic carbocycles. The Balaban J connectivity index is 2.10. The SMILES string of the molecule is COc1ccc(CC(=O)NS(=O)(=O)c2ccc(C(N)=O)cc2)cc1F. The van der Waals surface area contributed by atoms with E-state index in [9.17, 15) is 22.4 Å². The third-order valence-electron chi connectivity index (χ3n) is 3.28. The third kappa shape index (κ3) is 4.54. The fourth-order valence-electron chi connectivity index (χ4n) is 2.05. The number of sulfonamides is 1. The number of amides is 2. The van der Waals surface area contributed by atoms with E-state index >= 15 is 0 Å². The van der Waals surface area contributed by atoms with Crippen molar-refractivity contribution in [1.29, 1.82) is 0 Å². The van der Waals surface area contributed by atoms with Crippen molar-refractivity contribution >= 4 is 21.8 Å². The Hall–Kier alpha value is -2.94. The number of nitrogens with one attached hydrogen (secondary N) is 1. The van der Waals surface area contributed by atoms with E-state index in [4.69, 9.17) is 10.5 Å². The van der Waals surface area contributed by atoms with E-state index in [0.29, 0.717) is 0 Å². The average molecular weight is 366 g/mol. The second kappa shape index (κ2) is 7.31. The number of halogens is 1. The molecular formula is C16H15FN2O5S. The molecule has 0 bridgehead atoms. The van der Waals surface area contributed by atoms with E-state index in [-0.39, 0.29) is 28.2 Å². The molecule has 0 heterocycles. The molecule has 132 valence electrons. The highest BCUT2D eigenvalue weighted by Gasteiger charge is 2.18. The number of carbonyl (C=O) groups excluding carboxylic acids is 2. The van der Waals surface area contributed by atoms with Gasteiger partial charge in [-0.15, -0.1) is 0 Å². The van der Waals surface area contributed by atoms with Gasteiger partial charge in [-0.05, 0) is 42.0 Å². The quantitative estimate of drug-likeness (QED) is 0.791. The van der Waals surface area contributed by atoms with Gasteiger partial charge >= 0.3 is 0 Å². The third-order valence-corrected chi connectivity index (χ3v) is 4.67. The highest BCUT2D eigenvalue weighted by atomic mass is 32.2. The topological polar surface area (TPSA) is 116 Å². The monoisotopic (exact) mass is 366 g/mol. The fourth-order valence-corrected chi connectivity index (χ4v) is 3.03. The predicted octanol–water partition coefficient (Wildman–Crippen LogP) is 0.981. The van der Waals surface area contributed by atoms with Crippen LogP contribution >= 0.6 is 0 Å². The van der Waals surface area contributed by atoms with Crippen molar-refractivity contribution in [2.24, 2.45) is 5.73 Å². The average Bonchev–Trinajstić information content (AvgIpc) is 2.54. The molecule has 25 heavy (non-hydrogen) atoms. The summed E-state index contributed by atoms with van der Waals surface area (Å²) >= 11 is 0. The molecule has 0 radical (unpaired) electrons. The Labute approximate surface area is 143 Å². The second-order valence-electron chi connectivity index (χ2n) is 5.06. The van der Waals surface area contributed by atoms with Crippen LogP contribution in [0.25, 0.3) is 0 Å². The first-order chi connectivity index (χ1) is 11.7. The van der Waals surface area contributed by atoms with Crippen LogP contribution < -0.4 is 15.2 Å². The van der Waals surface area contributed by atoms with Gasteiger partial charge in [0, 0.05) is 5.56 Å². The van der Waals surface area contributed by atoms with Gasteiger partial charge < -0.3 is 10.5 Å². The van der Waals surface area contributed by atoms with Crippen LogP contribution in [0, 0.1) is 5.82 Å². The van der Waals surface area contributed by atoms with Crippen molar-refractivity contribution in [3.8, 4) is 5.75 Å². The minimum atomic E-state index is -4.12. The van der Waals surface area contributed by atoms with Crippen LogP contribution in [-0.2, 0) is 21.2 Å². The van der Waals surface area contributed by atoms with Crippen LogP contribution in [0.3, 0.4) is 0 Å². The Morgan fingerprint density at radius 1 is 1.16 bits per heavy atom. The summed E-state index contributed by atoms with van der Waals surface area (Å²) in [5.41, 5.74) is 5.50. The number of hydrogen-bond donors (Lipinski definition) is 2. The lowest BCUT2D eigenvalue weighted by atomic mass is 10.1. The Morgan fingerprint density at radius 2 is 1.80 bits per heavy atom. The van der Waals surface area contributed by atoms with Gasteiger partial charge in [-0.2, -0.15) is 0 Å². The van der Waals surface area contributed by atoms with Gasteiger partial charge in [0.05, 0.1) is 18.4 Å². The van der Waals surface area contributed by atoms with E-state index in [2.05, 4.69) is 0 Å². The number of primary amides is 1. The molecule has 0 aliphatic carbocycles. The van der Waals surface area contributed by atoms with Gasteiger partial charge in [0.15, 0.2) is 11.6 Å². The molecule has 0 aliphatic rings. The van der Waals surface area contributed by atoms with E-state index < -0.39 is 27.7 Å². The lowest BCUT2D eigenvalue weighted by Crippen LogP contribution is -2.31. The summed E-state index contributed by atoms with van der Waals surface area (Å²) < 4.78 is 44.5. The molecule has 9 heteroatoms. The fraction of sp³-hybridized carbons (Fsp3) is 0.125. The molecule has 0 aromatic heterocycles. The Morgan fingerprint density at radius 3 is 2.32 bits per heavy atom. The molecule has 0 saturated heterocycles. The Bertz CT molecular complexity index is 911. The van der Waals surface area contributed by atoms with Crippen molar-refractivity contribution in [1.82, 2.24) is 4.72 Å². The van der Waals surface area contributed by atoms with Crippen LogP contribution in [0.5, 0.6) is 5.75 Å². The lowest BCUT2D eigenvalue weighted by molar-refractivity contribution is -0.118. The number of methoxy groups -OCH3 is 1. The molecule has 0 spiro atoms. The summed E-state index contributed by atoms with van der Waals surface area (Å²) in [6, 6.07) is 8.67. The molecule has 0 saturated carbocycles. The molecule has 2 amide bonds. The molecular weight excluding hydrogens is 351 g/mol. The minimum absolute atomic E-state index is 0.0197. The molecule has 0 fully saturated rings. The van der Waals surface area contributed by atoms with E-state index in [1.165, 1.54) is 31.4 Å². The van der Waals surface area contributed by atoms with Crippen LogP contribution in [0.4, 0.5) is 4.39 Å². The van der Waals surface area contributed by atoms with Crippen molar-refractivity contribution in [2.45, 2.75) is 11.3 Å². The smallest absolute Gasteiger partial charge is 0.264 e. The maximum Gasteiger partial charge on any atom is 0.264 e. The van der Waals surface area contributed by atoms with E-state index in [0.717, 1.165) is 18.2 Å². The lowest BCUT2D eigenvalue weighted by Gasteiger charge is -2.08. The zero-order valence-corrected chi connectivity index (χ0v) is 14.0. The van der Waals surface area contributed by atoms with Crippen LogP contribution in [0.2, 0.25) is 0 Å². The number of carbonyl (C=O) groups is 2. The second-order valence-corrected chi connectivity index (χ2v) is 6.75. The summed E-state index contributed by atoms with van der Waals surface area (Å²) in [4.78, 5) is 22.7. The largest absolute Gasteiger partial charge is 0.494 e. The van der Waals surface area contributed by atoms with Crippen LogP contribution in [0.1, 0.15) is 15.9 Å². The summed E-state index contributed by atoms with van der Waals surface area (Å²) in [7, 11) is -2.81. The molecule has 2 aromatic rings. The van der Waals surface area contributed by atoms with Gasteiger partial charge in [-0.1, -0.05) is 6.07 Å². The Kier molecular flexibility index (Phi) is 5.38. The minimum Gasteiger partial charge on any atom is -0.494 e. The first-order valence-corrected chi connectivity index (χ1v) is 8.49. The molecule has 2 rings (SSSR count). The number of nitrogens with two attached hydrogens (primary N) is 1. The number of rotatable bonds is 6. The van der Waals surface area contributed by atoms with E-state index in [1.54, 1.807) is 0 Å².